The van der Waals surface area contributed by atoms with Gasteiger partial charge in [0.05, 0.1) is 0 Å². The second-order valence-electron chi connectivity index (χ2n) is 9.99. The van der Waals surface area contributed by atoms with Crippen LogP contribution in [0.3, 0.4) is 0 Å². The maximum absolute atomic E-state index is 13.1. The topological polar surface area (TPSA) is 65.8 Å². The molecule has 7 rings (SSSR count). The molecule has 6 nitrogen and oxygen atoms in total. The van der Waals surface area contributed by atoms with E-state index in [1.54, 1.807) is 0 Å². The van der Waals surface area contributed by atoms with Crippen molar-refractivity contribution in [2.24, 2.45) is 5.92 Å². The van der Waals surface area contributed by atoms with E-state index in [0.29, 0.717) is 22.8 Å². The quantitative estimate of drug-likeness (QED) is 0.624. The van der Waals surface area contributed by atoms with E-state index in [1.807, 2.05) is 53.4 Å². The Bertz CT molecular complexity index is 1220. The van der Waals surface area contributed by atoms with Gasteiger partial charge in [-0.1, -0.05) is 30.3 Å². The van der Waals surface area contributed by atoms with E-state index in [0.717, 1.165) is 74.9 Å². The van der Waals surface area contributed by atoms with Gasteiger partial charge in [0.2, 0.25) is 0 Å². The number of likely N-dealkylation sites (tertiary alicyclic amines) is 1. The molecule has 1 aromatic heterocycles. The minimum Gasteiger partial charge on any atom is -0.450 e. The van der Waals surface area contributed by atoms with Gasteiger partial charge in [0.15, 0.2) is 5.76 Å². The van der Waals surface area contributed by atoms with Crippen LogP contribution in [0, 0.1) is 5.92 Å². The van der Waals surface area contributed by atoms with Gasteiger partial charge in [0, 0.05) is 42.2 Å². The molecule has 2 bridgehead atoms. The van der Waals surface area contributed by atoms with Crippen LogP contribution >= 0.6 is 0 Å². The number of carbonyl (C=O) groups excluding carboxylic acids is 2. The fourth-order valence-electron chi connectivity index (χ4n) is 5.87. The van der Waals surface area contributed by atoms with Crippen molar-refractivity contribution >= 4 is 22.8 Å². The summed E-state index contributed by atoms with van der Waals surface area (Å²) >= 11 is 0. The monoisotopic (exact) mass is 457 g/mol. The van der Waals surface area contributed by atoms with Crippen LogP contribution < -0.4 is 5.32 Å². The fourth-order valence-corrected chi connectivity index (χ4v) is 5.87. The summed E-state index contributed by atoms with van der Waals surface area (Å²) in [6.45, 7) is 4.87. The molecule has 6 heteroatoms. The van der Waals surface area contributed by atoms with E-state index in [4.69, 9.17) is 4.42 Å². The van der Waals surface area contributed by atoms with Crippen LogP contribution in [-0.2, 0) is 0 Å². The van der Waals surface area contributed by atoms with Crippen molar-refractivity contribution in [1.29, 1.82) is 0 Å². The molecule has 0 aliphatic carbocycles. The molecule has 1 unspecified atom stereocenters. The second kappa shape index (κ2) is 8.91. The SMILES string of the molecule is O=C(NC1CN2CCC1CC2)c1cc2cccc(-c3cccc(C(=O)N4CCCCC4)c3)c2o1. The Morgan fingerprint density at radius 1 is 0.912 bits per heavy atom. The predicted octanol–water partition coefficient (Wildman–Crippen LogP) is 4.55. The zero-order valence-electron chi connectivity index (χ0n) is 19.5. The molecule has 1 atom stereocenters. The lowest BCUT2D eigenvalue weighted by Crippen LogP contribution is -2.57. The van der Waals surface area contributed by atoms with Crippen molar-refractivity contribution in [3.63, 3.8) is 0 Å². The van der Waals surface area contributed by atoms with Gasteiger partial charge in [0.1, 0.15) is 5.58 Å². The highest BCUT2D eigenvalue weighted by Gasteiger charge is 2.35. The first kappa shape index (κ1) is 21.4. The number of hydrogen-bond donors (Lipinski definition) is 1. The van der Waals surface area contributed by atoms with Gasteiger partial charge in [-0.05, 0) is 74.9 Å². The number of fused-ring (bicyclic) bond motifs is 4. The van der Waals surface area contributed by atoms with E-state index >= 15 is 0 Å². The largest absolute Gasteiger partial charge is 0.450 e. The summed E-state index contributed by atoms with van der Waals surface area (Å²) in [6, 6.07) is 15.7. The first-order chi connectivity index (χ1) is 16.7. The molecule has 0 saturated carbocycles. The number of carbonyl (C=O) groups is 2. The predicted molar refractivity (Wildman–Crippen MR) is 132 cm³/mol. The summed E-state index contributed by atoms with van der Waals surface area (Å²) in [7, 11) is 0. The number of rotatable bonds is 4. The molecule has 0 radical (unpaired) electrons. The molecule has 1 N–H and O–H groups in total. The highest BCUT2D eigenvalue weighted by molar-refractivity contribution is 6.01. The number of nitrogens with zero attached hydrogens (tertiary/aromatic N) is 2. The molecule has 5 heterocycles. The number of hydrogen-bond acceptors (Lipinski definition) is 4. The van der Waals surface area contributed by atoms with Crippen molar-refractivity contribution in [2.45, 2.75) is 38.1 Å². The lowest BCUT2D eigenvalue weighted by atomic mass is 9.84. The maximum atomic E-state index is 13.1. The van der Waals surface area contributed by atoms with Gasteiger partial charge in [0.25, 0.3) is 11.8 Å². The number of piperidine rings is 4. The van der Waals surface area contributed by atoms with E-state index in [-0.39, 0.29) is 17.9 Å². The van der Waals surface area contributed by atoms with E-state index in [9.17, 15) is 9.59 Å². The zero-order valence-corrected chi connectivity index (χ0v) is 19.5. The van der Waals surface area contributed by atoms with E-state index < -0.39 is 0 Å². The molecule has 4 aliphatic heterocycles. The number of nitrogens with one attached hydrogen (secondary N) is 1. The maximum Gasteiger partial charge on any atom is 0.287 e. The van der Waals surface area contributed by atoms with Gasteiger partial charge < -0.3 is 19.5 Å². The van der Waals surface area contributed by atoms with Crippen molar-refractivity contribution in [3.05, 3.63) is 59.9 Å². The van der Waals surface area contributed by atoms with Crippen LogP contribution in [0.15, 0.2) is 52.9 Å². The van der Waals surface area contributed by atoms with Crippen molar-refractivity contribution < 1.29 is 14.0 Å². The highest BCUT2D eigenvalue weighted by Crippen LogP contribution is 2.33. The molecule has 4 fully saturated rings. The van der Waals surface area contributed by atoms with Crippen LogP contribution in [0.2, 0.25) is 0 Å². The summed E-state index contributed by atoms with van der Waals surface area (Å²) in [5, 5.41) is 4.12. The van der Waals surface area contributed by atoms with Gasteiger partial charge in [-0.25, -0.2) is 0 Å². The fraction of sp³-hybridized carbons (Fsp3) is 0.429. The number of benzene rings is 2. The first-order valence-electron chi connectivity index (χ1n) is 12.6. The highest BCUT2D eigenvalue weighted by atomic mass is 16.3. The molecule has 3 aromatic rings. The molecule has 34 heavy (non-hydrogen) atoms. The Kier molecular flexibility index (Phi) is 5.61. The lowest BCUT2D eigenvalue weighted by Gasteiger charge is -2.44. The van der Waals surface area contributed by atoms with Gasteiger partial charge in [-0.15, -0.1) is 0 Å². The Morgan fingerprint density at radius 3 is 2.47 bits per heavy atom. The third-order valence-electron chi connectivity index (χ3n) is 7.80. The van der Waals surface area contributed by atoms with Gasteiger partial charge in [-0.3, -0.25) is 9.59 Å². The molecule has 2 aromatic carbocycles. The second-order valence-corrected chi connectivity index (χ2v) is 9.99. The van der Waals surface area contributed by atoms with Crippen LogP contribution in [-0.4, -0.2) is 60.4 Å². The van der Waals surface area contributed by atoms with Gasteiger partial charge >= 0.3 is 0 Å². The molecular weight excluding hydrogens is 426 g/mol. The minimum absolute atomic E-state index is 0.0887. The summed E-state index contributed by atoms with van der Waals surface area (Å²) in [6.07, 6.45) is 5.65. The molecule has 4 aliphatic rings. The minimum atomic E-state index is -0.144. The summed E-state index contributed by atoms with van der Waals surface area (Å²) < 4.78 is 6.13. The van der Waals surface area contributed by atoms with Crippen LogP contribution in [0.4, 0.5) is 0 Å². The van der Waals surface area contributed by atoms with Crippen molar-refractivity contribution in [3.8, 4) is 11.1 Å². The third-order valence-corrected chi connectivity index (χ3v) is 7.80. The molecule has 0 spiro atoms. The van der Waals surface area contributed by atoms with Crippen molar-refractivity contribution in [1.82, 2.24) is 15.1 Å². The van der Waals surface area contributed by atoms with E-state index in [1.165, 1.54) is 6.42 Å². The Labute approximate surface area is 199 Å². The number of para-hydroxylation sites is 1. The zero-order chi connectivity index (χ0) is 23.1. The number of amides is 2. The normalized spacial score (nSPS) is 24.4. The summed E-state index contributed by atoms with van der Waals surface area (Å²) in [4.78, 5) is 30.5. The lowest BCUT2D eigenvalue weighted by molar-refractivity contribution is 0.0607. The Morgan fingerprint density at radius 2 is 1.71 bits per heavy atom. The van der Waals surface area contributed by atoms with Crippen LogP contribution in [0.1, 0.15) is 53.0 Å². The Hall–Kier alpha value is -3.12. The summed E-state index contributed by atoms with van der Waals surface area (Å²) in [5.41, 5.74) is 3.20. The molecular formula is C28H31N3O3. The Balaban J connectivity index is 1.26. The average Bonchev–Trinajstić information content (AvgIpc) is 3.34. The third kappa shape index (κ3) is 4.00. The van der Waals surface area contributed by atoms with Crippen molar-refractivity contribution in [2.75, 3.05) is 32.7 Å². The van der Waals surface area contributed by atoms with Crippen LogP contribution in [0.25, 0.3) is 22.1 Å². The molecule has 176 valence electrons. The first-order valence-corrected chi connectivity index (χ1v) is 12.6. The number of furan rings is 1. The summed E-state index contributed by atoms with van der Waals surface area (Å²) in [5.74, 6) is 0.856. The van der Waals surface area contributed by atoms with E-state index in [2.05, 4.69) is 10.2 Å². The smallest absolute Gasteiger partial charge is 0.287 e. The van der Waals surface area contributed by atoms with Gasteiger partial charge in [-0.2, -0.15) is 0 Å². The standard InChI is InChI=1S/C28H31N3O3/c32-27(29-24-18-30-14-10-19(24)11-15-30)25-17-21-7-5-9-23(26(21)34-25)20-6-4-8-22(16-20)28(33)31-12-2-1-3-13-31/h4-9,16-17,19,24H,1-3,10-15,18H2,(H,29,32). The molecule has 2 amide bonds. The molecule has 4 saturated heterocycles. The average molecular weight is 458 g/mol. The van der Waals surface area contributed by atoms with Crippen LogP contribution in [0.5, 0.6) is 0 Å².